The van der Waals surface area contributed by atoms with E-state index in [1.54, 1.807) is 0 Å². The first-order valence-electron chi connectivity index (χ1n) is 25.5. The monoisotopic (exact) mass is 893 g/mol. The third-order valence-corrected chi connectivity index (χ3v) is 10.9. The molecule has 0 rings (SSSR count). The van der Waals surface area contributed by atoms with Gasteiger partial charge < -0.3 is 25.6 Å². The summed E-state index contributed by atoms with van der Waals surface area (Å²) in [7, 11) is 0. The van der Waals surface area contributed by atoms with Gasteiger partial charge in [-0.15, -0.1) is 0 Å². The van der Waals surface area contributed by atoms with Crippen LogP contribution in [-0.2, 0) is 23.9 Å². The normalized spacial score (nSPS) is 13.2. The molecule has 0 aliphatic rings. The summed E-state index contributed by atoms with van der Waals surface area (Å²) in [5.41, 5.74) is 0. The number of ether oxygens (including phenoxy) is 1. The number of carboxylic acid groups (broad SMARTS) is 1. The predicted octanol–water partition coefficient (Wildman–Crippen LogP) is 13.6. The Morgan fingerprint density at radius 3 is 1.38 bits per heavy atom. The topological polar surface area (TPSA) is 142 Å². The Morgan fingerprint density at radius 1 is 0.484 bits per heavy atom. The molecule has 64 heavy (non-hydrogen) atoms. The number of nitrogens with one attached hydrogen (secondary N) is 2. The highest BCUT2D eigenvalue weighted by Gasteiger charge is 2.19. The number of carboxylic acids is 1. The molecule has 2 unspecified atom stereocenters. The number of allylic oxidation sites excluding steroid dienone is 14. The highest BCUT2D eigenvalue weighted by Crippen LogP contribution is 2.18. The molecule has 2 amide bonds. The molecule has 0 bridgehead atoms. The zero-order valence-electron chi connectivity index (χ0n) is 40.5. The quantitative estimate of drug-likeness (QED) is 0.0271. The fraction of sp³-hybridized carbons (Fsp3) is 0.673. The molecule has 0 aromatic heterocycles. The molecule has 0 spiro atoms. The van der Waals surface area contributed by atoms with Gasteiger partial charge in [-0.25, -0.2) is 4.79 Å². The molecule has 0 heterocycles. The number of hydrogen-bond donors (Lipinski definition) is 4. The number of aliphatic hydroxyl groups excluding tert-OH is 1. The van der Waals surface area contributed by atoms with E-state index in [1.807, 2.05) is 0 Å². The molecule has 9 heteroatoms. The highest BCUT2D eigenvalue weighted by molar-refractivity contribution is 5.87. The number of amides is 2. The van der Waals surface area contributed by atoms with Crippen molar-refractivity contribution in [3.05, 3.63) is 85.1 Å². The van der Waals surface area contributed by atoms with Gasteiger partial charge in [-0.1, -0.05) is 170 Å². The summed E-state index contributed by atoms with van der Waals surface area (Å²) >= 11 is 0. The van der Waals surface area contributed by atoms with E-state index in [2.05, 4.69) is 110 Å². The van der Waals surface area contributed by atoms with Gasteiger partial charge in [0.2, 0.25) is 11.8 Å². The zero-order chi connectivity index (χ0) is 46.8. The van der Waals surface area contributed by atoms with Gasteiger partial charge in [0.05, 0.1) is 13.2 Å². The van der Waals surface area contributed by atoms with Crippen LogP contribution in [0.1, 0.15) is 213 Å². The van der Waals surface area contributed by atoms with Gasteiger partial charge in [0.15, 0.2) is 0 Å². The second-order valence-corrected chi connectivity index (χ2v) is 16.9. The Morgan fingerprint density at radius 2 is 0.891 bits per heavy atom. The van der Waals surface area contributed by atoms with Crippen LogP contribution in [0.2, 0.25) is 0 Å². The summed E-state index contributed by atoms with van der Waals surface area (Å²) in [5.74, 6) is -2.35. The molecular formula is C55H92N2O7. The van der Waals surface area contributed by atoms with Crippen molar-refractivity contribution in [2.75, 3.05) is 13.2 Å². The van der Waals surface area contributed by atoms with Gasteiger partial charge in [-0.05, 0) is 116 Å². The fourth-order valence-corrected chi connectivity index (χ4v) is 7.01. The third kappa shape index (κ3) is 44.6. The van der Waals surface area contributed by atoms with Crippen LogP contribution in [-0.4, -0.2) is 59.3 Å². The van der Waals surface area contributed by atoms with Crippen LogP contribution < -0.4 is 10.6 Å². The number of hydrogen-bond acceptors (Lipinski definition) is 6. The maximum atomic E-state index is 12.9. The van der Waals surface area contributed by atoms with Crippen molar-refractivity contribution in [3.8, 4) is 0 Å². The van der Waals surface area contributed by atoms with Crippen molar-refractivity contribution in [1.29, 1.82) is 0 Å². The van der Waals surface area contributed by atoms with Crippen LogP contribution in [0, 0.1) is 0 Å². The second kappa shape index (κ2) is 48.5. The molecule has 0 aromatic carbocycles. The molecule has 9 nitrogen and oxygen atoms in total. The second-order valence-electron chi connectivity index (χ2n) is 16.9. The van der Waals surface area contributed by atoms with E-state index in [1.165, 1.54) is 57.8 Å². The average Bonchev–Trinajstić information content (AvgIpc) is 3.28. The summed E-state index contributed by atoms with van der Waals surface area (Å²) in [4.78, 5) is 47.8. The standard InChI is InChI=1S/C55H92N2O7/c1-3-5-7-9-11-13-15-17-19-20-21-22-23-24-26-28-30-32-34-39-43-47-54(61)64-50(44-40-36-33-31-29-27-25-18-16-14-12-10-8-6-4-2)45-41-37-35-38-42-46-52(59)56-48-53(60)57-51(49-58)55(62)63/h6,8,12,14-15,17-18,20-21,23-25,29,31,50-51,58H,3-5,7,9-11,13,16,19,22,26-28,30,32-49H2,1-2H3,(H,56,59)(H,57,60)(H,62,63)/b8-6-,14-12-,17-15-,21-20-,24-23-,25-18-,31-29-. The lowest BCUT2D eigenvalue weighted by atomic mass is 10.0. The predicted molar refractivity (Wildman–Crippen MR) is 268 cm³/mol. The molecular weight excluding hydrogens is 801 g/mol. The van der Waals surface area contributed by atoms with E-state index >= 15 is 0 Å². The Bertz CT molecular complexity index is 1350. The minimum absolute atomic E-state index is 0.0660. The number of esters is 1. The van der Waals surface area contributed by atoms with Crippen molar-refractivity contribution >= 4 is 23.8 Å². The largest absolute Gasteiger partial charge is 0.480 e. The number of aliphatic hydroxyl groups is 1. The summed E-state index contributed by atoms with van der Waals surface area (Å²) in [6.07, 6.45) is 63.3. The number of rotatable bonds is 45. The van der Waals surface area contributed by atoms with Crippen LogP contribution in [0.3, 0.4) is 0 Å². The Hall–Kier alpha value is -3.98. The van der Waals surface area contributed by atoms with Crippen molar-refractivity contribution in [3.63, 3.8) is 0 Å². The number of unbranched alkanes of at least 4 members (excludes halogenated alkanes) is 17. The van der Waals surface area contributed by atoms with E-state index in [0.717, 1.165) is 122 Å². The Balaban J connectivity index is 4.41. The van der Waals surface area contributed by atoms with E-state index in [4.69, 9.17) is 14.9 Å². The maximum absolute atomic E-state index is 12.9. The van der Waals surface area contributed by atoms with Crippen LogP contribution in [0.4, 0.5) is 0 Å². The summed E-state index contributed by atoms with van der Waals surface area (Å²) in [5, 5.41) is 22.6. The number of carbonyl (C=O) groups excluding carboxylic acids is 3. The summed E-state index contributed by atoms with van der Waals surface area (Å²) in [6, 6.07) is -1.39. The van der Waals surface area contributed by atoms with Gasteiger partial charge in [0.1, 0.15) is 12.1 Å². The fourth-order valence-electron chi connectivity index (χ4n) is 7.01. The minimum Gasteiger partial charge on any atom is -0.480 e. The molecule has 0 aliphatic carbocycles. The lowest BCUT2D eigenvalue weighted by Gasteiger charge is -2.18. The molecule has 0 saturated carbocycles. The molecule has 364 valence electrons. The van der Waals surface area contributed by atoms with Crippen LogP contribution >= 0.6 is 0 Å². The van der Waals surface area contributed by atoms with Gasteiger partial charge in [0.25, 0.3) is 0 Å². The highest BCUT2D eigenvalue weighted by atomic mass is 16.5. The minimum atomic E-state index is -1.39. The first-order chi connectivity index (χ1) is 31.3. The molecule has 0 radical (unpaired) electrons. The van der Waals surface area contributed by atoms with E-state index in [9.17, 15) is 19.2 Å². The number of aliphatic carboxylic acids is 1. The summed E-state index contributed by atoms with van der Waals surface area (Å²) in [6.45, 7) is 3.35. The van der Waals surface area contributed by atoms with E-state index in [0.29, 0.717) is 12.8 Å². The van der Waals surface area contributed by atoms with E-state index in [-0.39, 0.29) is 30.9 Å². The molecule has 4 N–H and O–H groups in total. The van der Waals surface area contributed by atoms with Crippen LogP contribution in [0.5, 0.6) is 0 Å². The van der Waals surface area contributed by atoms with Crippen molar-refractivity contribution in [2.24, 2.45) is 0 Å². The van der Waals surface area contributed by atoms with Crippen molar-refractivity contribution in [1.82, 2.24) is 10.6 Å². The van der Waals surface area contributed by atoms with Crippen LogP contribution in [0.25, 0.3) is 0 Å². The van der Waals surface area contributed by atoms with Gasteiger partial charge in [-0.3, -0.25) is 14.4 Å². The lowest BCUT2D eigenvalue weighted by molar-refractivity contribution is -0.150. The smallest absolute Gasteiger partial charge is 0.328 e. The summed E-state index contributed by atoms with van der Waals surface area (Å²) < 4.78 is 6.04. The van der Waals surface area contributed by atoms with Gasteiger partial charge >= 0.3 is 11.9 Å². The first kappa shape index (κ1) is 60.0. The Kier molecular flexibility index (Phi) is 45.5. The zero-order valence-corrected chi connectivity index (χ0v) is 40.5. The molecule has 0 fully saturated rings. The molecule has 0 aliphatic heterocycles. The maximum Gasteiger partial charge on any atom is 0.328 e. The SMILES string of the molecule is CC/C=C\C/C=C\C/C=C\C/C=C\CCCCC(CCCCCCCC(=O)NCC(=O)NC(CO)C(=O)O)OC(=O)CCCCCCCC/C=C\C/C=C\C/C=C\CCCCCCC. The van der Waals surface area contributed by atoms with E-state index < -0.39 is 24.5 Å². The first-order valence-corrected chi connectivity index (χ1v) is 25.5. The third-order valence-electron chi connectivity index (χ3n) is 10.9. The molecule has 0 aromatic rings. The van der Waals surface area contributed by atoms with Crippen molar-refractivity contribution < 1.29 is 34.1 Å². The van der Waals surface area contributed by atoms with Gasteiger partial charge in [0, 0.05) is 12.8 Å². The number of carbonyl (C=O) groups is 4. The average molecular weight is 893 g/mol. The Labute approximate surface area is 390 Å². The molecule has 0 saturated heterocycles. The van der Waals surface area contributed by atoms with Gasteiger partial charge in [-0.2, -0.15) is 0 Å². The lowest BCUT2D eigenvalue weighted by Crippen LogP contribution is -2.47. The van der Waals surface area contributed by atoms with Crippen LogP contribution in [0.15, 0.2) is 85.1 Å². The van der Waals surface area contributed by atoms with Crippen molar-refractivity contribution in [2.45, 2.75) is 225 Å². The molecule has 2 atom stereocenters.